The van der Waals surface area contributed by atoms with Crippen LogP contribution in [0, 0.1) is 0 Å². The molecule has 0 bridgehead atoms. The minimum atomic E-state index is -0.0831. The molecule has 2 aromatic rings. The van der Waals surface area contributed by atoms with Crippen LogP contribution in [0.4, 0.5) is 0 Å². The largest absolute Gasteiger partial charge is 0.379 e. The number of nitrogens with zero attached hydrogens (tertiary/aromatic N) is 4. The van der Waals surface area contributed by atoms with E-state index in [0.717, 1.165) is 52.1 Å². The van der Waals surface area contributed by atoms with E-state index in [1.165, 1.54) is 24.1 Å². The first-order chi connectivity index (χ1) is 12.3. The Kier molecular flexibility index (Phi) is 4.94. The van der Waals surface area contributed by atoms with E-state index in [1.54, 1.807) is 6.20 Å². The van der Waals surface area contributed by atoms with Gasteiger partial charge in [0, 0.05) is 31.5 Å². The number of amides is 1. The van der Waals surface area contributed by atoms with E-state index in [1.807, 2.05) is 10.7 Å². The molecule has 0 radical (unpaired) electrons. The van der Waals surface area contributed by atoms with Crippen LogP contribution in [0.5, 0.6) is 0 Å². The van der Waals surface area contributed by atoms with E-state index in [9.17, 15) is 4.79 Å². The van der Waals surface area contributed by atoms with E-state index < -0.39 is 0 Å². The van der Waals surface area contributed by atoms with Gasteiger partial charge in [0.25, 0.3) is 5.91 Å². The maximum absolute atomic E-state index is 12.5. The van der Waals surface area contributed by atoms with Crippen LogP contribution in [0.2, 0.25) is 0 Å². The molecule has 0 saturated carbocycles. The smallest absolute Gasteiger partial charge is 0.256 e. The van der Waals surface area contributed by atoms with Crippen LogP contribution in [0.1, 0.15) is 40.9 Å². The van der Waals surface area contributed by atoms with Gasteiger partial charge >= 0.3 is 0 Å². The number of aromatic nitrogens is 3. The van der Waals surface area contributed by atoms with Gasteiger partial charge in [0.15, 0.2) is 5.65 Å². The molecule has 2 aliphatic rings. The molecule has 2 aromatic heterocycles. The summed E-state index contributed by atoms with van der Waals surface area (Å²) in [6, 6.07) is 0. The number of carbonyl (C=O) groups excluding carboxylic acids is 1. The van der Waals surface area contributed by atoms with Gasteiger partial charge in [-0.05, 0) is 44.2 Å². The fourth-order valence-corrected chi connectivity index (χ4v) is 3.68. The number of morpholine rings is 1. The Bertz CT molecular complexity index is 751. The van der Waals surface area contributed by atoms with Gasteiger partial charge < -0.3 is 10.1 Å². The topological polar surface area (TPSA) is 71.8 Å². The lowest BCUT2D eigenvalue weighted by atomic mass is 9.97. The molecule has 1 aliphatic heterocycles. The number of nitrogens with one attached hydrogen (secondary N) is 1. The summed E-state index contributed by atoms with van der Waals surface area (Å²) in [4.78, 5) is 19.4. The molecular formula is C18H25N5O2. The average Bonchev–Trinajstić information content (AvgIpc) is 3.10. The maximum atomic E-state index is 12.5. The zero-order valence-electron chi connectivity index (χ0n) is 14.5. The van der Waals surface area contributed by atoms with Crippen molar-refractivity contribution in [1.29, 1.82) is 0 Å². The molecule has 1 aliphatic carbocycles. The van der Waals surface area contributed by atoms with Crippen LogP contribution in [-0.4, -0.2) is 64.8 Å². The molecule has 3 heterocycles. The molecule has 0 unspecified atom stereocenters. The highest BCUT2D eigenvalue weighted by Crippen LogP contribution is 2.22. The van der Waals surface area contributed by atoms with Crippen LogP contribution in [-0.2, 0) is 17.6 Å². The second-order valence-electron chi connectivity index (χ2n) is 6.79. The van der Waals surface area contributed by atoms with E-state index in [0.29, 0.717) is 17.8 Å². The standard InChI is InChI=1S/C18H25N5O2/c24-18(19-6-3-7-22-8-10-25-11-9-22)15-13-21-23-16-5-2-1-4-14(16)12-20-17(15)23/h12-13H,1-11H2,(H,19,24). The SMILES string of the molecule is O=C(NCCCN1CCOCC1)c1cnn2c3c(cnc12)CCCC3. The predicted molar refractivity (Wildman–Crippen MR) is 93.8 cm³/mol. The van der Waals surface area contributed by atoms with Gasteiger partial charge in [-0.1, -0.05) is 0 Å². The summed E-state index contributed by atoms with van der Waals surface area (Å²) >= 11 is 0. The Morgan fingerprint density at radius 3 is 2.92 bits per heavy atom. The maximum Gasteiger partial charge on any atom is 0.256 e. The molecular weight excluding hydrogens is 318 g/mol. The fourth-order valence-electron chi connectivity index (χ4n) is 3.68. The Balaban J connectivity index is 1.37. The molecule has 1 saturated heterocycles. The number of aryl methyl sites for hydroxylation is 2. The molecule has 25 heavy (non-hydrogen) atoms. The van der Waals surface area contributed by atoms with Crippen molar-refractivity contribution in [1.82, 2.24) is 24.8 Å². The number of rotatable bonds is 5. The first-order valence-electron chi connectivity index (χ1n) is 9.26. The minimum absolute atomic E-state index is 0.0831. The summed E-state index contributed by atoms with van der Waals surface area (Å²) in [6.45, 7) is 5.24. The molecule has 0 aromatic carbocycles. The van der Waals surface area contributed by atoms with Crippen molar-refractivity contribution in [2.75, 3.05) is 39.4 Å². The van der Waals surface area contributed by atoms with Crippen molar-refractivity contribution < 1.29 is 9.53 Å². The van der Waals surface area contributed by atoms with Crippen molar-refractivity contribution in [3.05, 3.63) is 29.2 Å². The highest BCUT2D eigenvalue weighted by molar-refractivity contribution is 5.99. The highest BCUT2D eigenvalue weighted by Gasteiger charge is 2.19. The Morgan fingerprint density at radius 2 is 2.04 bits per heavy atom. The van der Waals surface area contributed by atoms with Crippen molar-refractivity contribution in [2.24, 2.45) is 0 Å². The van der Waals surface area contributed by atoms with Gasteiger partial charge in [0.05, 0.1) is 19.4 Å². The van der Waals surface area contributed by atoms with Crippen molar-refractivity contribution in [3.63, 3.8) is 0 Å². The van der Waals surface area contributed by atoms with Gasteiger partial charge in [-0.15, -0.1) is 0 Å². The molecule has 7 nitrogen and oxygen atoms in total. The molecule has 1 fully saturated rings. The van der Waals surface area contributed by atoms with Crippen LogP contribution in [0.3, 0.4) is 0 Å². The highest BCUT2D eigenvalue weighted by atomic mass is 16.5. The number of hydrogen-bond donors (Lipinski definition) is 1. The Hall–Kier alpha value is -1.99. The zero-order chi connectivity index (χ0) is 17.1. The molecule has 134 valence electrons. The monoisotopic (exact) mass is 343 g/mol. The average molecular weight is 343 g/mol. The molecule has 0 spiro atoms. The van der Waals surface area contributed by atoms with Gasteiger partial charge in [0.2, 0.25) is 0 Å². The Labute approximate surface area is 147 Å². The molecule has 1 amide bonds. The second kappa shape index (κ2) is 7.49. The molecule has 4 rings (SSSR count). The van der Waals surface area contributed by atoms with E-state index in [4.69, 9.17) is 4.74 Å². The first kappa shape index (κ1) is 16.5. The lowest BCUT2D eigenvalue weighted by Gasteiger charge is -2.26. The third kappa shape index (κ3) is 3.52. The number of carbonyl (C=O) groups is 1. The first-order valence-corrected chi connectivity index (χ1v) is 9.26. The summed E-state index contributed by atoms with van der Waals surface area (Å²) < 4.78 is 7.20. The summed E-state index contributed by atoms with van der Waals surface area (Å²) in [7, 11) is 0. The van der Waals surface area contributed by atoms with Gasteiger partial charge in [-0.2, -0.15) is 5.10 Å². The predicted octanol–water partition coefficient (Wildman–Crippen LogP) is 1.06. The number of fused-ring (bicyclic) bond motifs is 3. The van der Waals surface area contributed by atoms with E-state index in [2.05, 4.69) is 20.3 Å². The fraction of sp³-hybridized carbons (Fsp3) is 0.611. The van der Waals surface area contributed by atoms with Crippen LogP contribution in [0.25, 0.3) is 5.65 Å². The third-order valence-electron chi connectivity index (χ3n) is 5.11. The summed E-state index contributed by atoms with van der Waals surface area (Å²) in [5.41, 5.74) is 3.72. The molecule has 1 N–H and O–H groups in total. The Morgan fingerprint density at radius 1 is 1.20 bits per heavy atom. The zero-order valence-corrected chi connectivity index (χ0v) is 14.5. The van der Waals surface area contributed by atoms with Gasteiger partial charge in [0.1, 0.15) is 5.56 Å². The van der Waals surface area contributed by atoms with Crippen molar-refractivity contribution in [3.8, 4) is 0 Å². The second-order valence-corrected chi connectivity index (χ2v) is 6.79. The van der Waals surface area contributed by atoms with Crippen molar-refractivity contribution in [2.45, 2.75) is 32.1 Å². The summed E-state index contributed by atoms with van der Waals surface area (Å²) in [5.74, 6) is -0.0831. The lowest BCUT2D eigenvalue weighted by molar-refractivity contribution is 0.0374. The van der Waals surface area contributed by atoms with E-state index >= 15 is 0 Å². The summed E-state index contributed by atoms with van der Waals surface area (Å²) in [6.07, 6.45) is 8.95. The van der Waals surface area contributed by atoms with Gasteiger partial charge in [-0.3, -0.25) is 9.69 Å². The third-order valence-corrected chi connectivity index (χ3v) is 5.11. The number of hydrogen-bond acceptors (Lipinski definition) is 5. The molecule has 0 atom stereocenters. The van der Waals surface area contributed by atoms with Crippen LogP contribution >= 0.6 is 0 Å². The molecule has 7 heteroatoms. The lowest BCUT2D eigenvalue weighted by Crippen LogP contribution is -2.38. The normalized spacial score (nSPS) is 18.2. The van der Waals surface area contributed by atoms with E-state index in [-0.39, 0.29) is 5.91 Å². The van der Waals surface area contributed by atoms with Gasteiger partial charge in [-0.25, -0.2) is 9.50 Å². The number of ether oxygens (including phenoxy) is 1. The van der Waals surface area contributed by atoms with Crippen molar-refractivity contribution >= 4 is 11.6 Å². The quantitative estimate of drug-likeness (QED) is 0.822. The minimum Gasteiger partial charge on any atom is -0.379 e. The van der Waals surface area contributed by atoms with Crippen LogP contribution < -0.4 is 5.32 Å². The van der Waals surface area contributed by atoms with Crippen LogP contribution in [0.15, 0.2) is 12.4 Å². The summed E-state index contributed by atoms with van der Waals surface area (Å²) in [5, 5.41) is 7.43.